The molecular weight excluding hydrogens is 450 g/mol. The molecule has 0 aliphatic carbocycles. The molecular formula is C24H16ClNO7. The van der Waals surface area contributed by atoms with E-state index in [-0.39, 0.29) is 38.7 Å². The van der Waals surface area contributed by atoms with Gasteiger partial charge in [0.1, 0.15) is 23.3 Å². The lowest BCUT2D eigenvalue weighted by Crippen LogP contribution is -2.10. The molecule has 8 nitrogen and oxygen atoms in total. The van der Waals surface area contributed by atoms with Gasteiger partial charge in [0.05, 0.1) is 20.9 Å². The molecule has 4 aromatic rings. The van der Waals surface area contributed by atoms with Crippen molar-refractivity contribution in [2.75, 3.05) is 0 Å². The lowest BCUT2D eigenvalue weighted by Gasteiger charge is -2.10. The molecule has 0 saturated carbocycles. The van der Waals surface area contributed by atoms with E-state index in [0.717, 1.165) is 17.2 Å². The van der Waals surface area contributed by atoms with Crippen molar-refractivity contribution in [3.8, 4) is 17.2 Å². The summed E-state index contributed by atoms with van der Waals surface area (Å²) in [5.41, 5.74) is 1.16. The molecule has 0 N–H and O–H groups in total. The zero-order chi connectivity index (χ0) is 23.7. The quantitative estimate of drug-likeness (QED) is 0.154. The molecule has 1 aromatic heterocycles. The number of hydrogen-bond acceptors (Lipinski definition) is 7. The van der Waals surface area contributed by atoms with Gasteiger partial charge in [0.15, 0.2) is 0 Å². The highest BCUT2D eigenvalue weighted by Gasteiger charge is 2.19. The third-order valence-corrected chi connectivity index (χ3v) is 5.20. The van der Waals surface area contributed by atoms with Crippen molar-refractivity contribution >= 4 is 34.2 Å². The normalized spacial score (nSPS) is 10.8. The number of nitro benzene ring substituents is 1. The molecule has 0 aliphatic heterocycles. The highest BCUT2D eigenvalue weighted by atomic mass is 35.5. The van der Waals surface area contributed by atoms with Crippen molar-refractivity contribution < 1.29 is 23.6 Å². The summed E-state index contributed by atoms with van der Waals surface area (Å²) in [5, 5.41) is 11.2. The SMILES string of the molecule is Cc1ccc(C)c(Oc2coc3cc(OC(=O)c4cc([N+](=O)[O-])ccc4Cl)ccc3c2=O)c1. The van der Waals surface area contributed by atoms with Crippen molar-refractivity contribution in [2.24, 2.45) is 0 Å². The van der Waals surface area contributed by atoms with Gasteiger partial charge in [0.25, 0.3) is 5.69 Å². The smallest absolute Gasteiger partial charge is 0.345 e. The van der Waals surface area contributed by atoms with Crippen LogP contribution in [-0.2, 0) is 0 Å². The van der Waals surface area contributed by atoms with Crippen LogP contribution in [-0.4, -0.2) is 10.9 Å². The molecule has 3 aromatic carbocycles. The molecule has 0 unspecified atom stereocenters. The topological polar surface area (TPSA) is 109 Å². The van der Waals surface area contributed by atoms with E-state index >= 15 is 0 Å². The number of fused-ring (bicyclic) bond motifs is 1. The lowest BCUT2D eigenvalue weighted by molar-refractivity contribution is -0.384. The fourth-order valence-corrected chi connectivity index (χ4v) is 3.30. The molecule has 0 radical (unpaired) electrons. The Bertz CT molecular complexity index is 1480. The first-order valence-corrected chi connectivity index (χ1v) is 10.1. The standard InChI is InChI=1S/C24H16ClNO7/c1-13-3-4-14(2)20(9-13)33-22-12-31-21-11-16(6-7-17(21)23(22)27)32-24(28)18-10-15(26(29)30)5-8-19(18)25/h3-12H,1-2H3. The number of carbonyl (C=O) groups excluding carboxylic acids is 1. The van der Waals surface area contributed by atoms with Gasteiger partial charge in [-0.3, -0.25) is 14.9 Å². The van der Waals surface area contributed by atoms with E-state index in [4.69, 9.17) is 25.5 Å². The van der Waals surface area contributed by atoms with E-state index < -0.39 is 16.3 Å². The highest BCUT2D eigenvalue weighted by molar-refractivity contribution is 6.33. The van der Waals surface area contributed by atoms with Gasteiger partial charge >= 0.3 is 5.97 Å². The first-order chi connectivity index (χ1) is 15.7. The van der Waals surface area contributed by atoms with Crippen molar-refractivity contribution in [3.63, 3.8) is 0 Å². The van der Waals surface area contributed by atoms with E-state index in [9.17, 15) is 19.7 Å². The number of ether oxygens (including phenoxy) is 2. The van der Waals surface area contributed by atoms with Gasteiger partial charge in [-0.25, -0.2) is 4.79 Å². The second-order valence-electron chi connectivity index (χ2n) is 7.27. The van der Waals surface area contributed by atoms with Gasteiger partial charge in [-0.15, -0.1) is 0 Å². The van der Waals surface area contributed by atoms with E-state index in [1.165, 1.54) is 36.6 Å². The third-order valence-electron chi connectivity index (χ3n) is 4.87. The number of non-ortho nitro benzene ring substituents is 1. The Morgan fingerprint density at radius 3 is 2.58 bits per heavy atom. The summed E-state index contributed by atoms with van der Waals surface area (Å²) in [7, 11) is 0. The van der Waals surface area contributed by atoms with Crippen LogP contribution >= 0.6 is 11.6 Å². The molecule has 4 rings (SSSR count). The summed E-state index contributed by atoms with van der Waals surface area (Å²) < 4.78 is 16.6. The fourth-order valence-electron chi connectivity index (χ4n) is 3.11. The van der Waals surface area contributed by atoms with Gasteiger partial charge in [0.2, 0.25) is 11.2 Å². The summed E-state index contributed by atoms with van der Waals surface area (Å²) in [6.07, 6.45) is 1.19. The van der Waals surface area contributed by atoms with Gasteiger partial charge in [-0.1, -0.05) is 23.7 Å². The van der Waals surface area contributed by atoms with Gasteiger partial charge in [0, 0.05) is 18.2 Å². The number of hydrogen-bond donors (Lipinski definition) is 0. The fraction of sp³-hybridized carbons (Fsp3) is 0.0833. The maximum Gasteiger partial charge on any atom is 0.345 e. The number of benzene rings is 3. The Morgan fingerprint density at radius 2 is 1.82 bits per heavy atom. The van der Waals surface area contributed by atoms with E-state index in [2.05, 4.69) is 0 Å². The second kappa shape index (κ2) is 8.76. The lowest BCUT2D eigenvalue weighted by atomic mass is 10.1. The van der Waals surface area contributed by atoms with E-state index in [0.29, 0.717) is 5.75 Å². The number of aryl methyl sites for hydroxylation is 2. The summed E-state index contributed by atoms with van der Waals surface area (Å²) in [6.45, 7) is 3.78. The van der Waals surface area contributed by atoms with Crippen LogP contribution in [0.5, 0.6) is 17.2 Å². The molecule has 0 saturated heterocycles. The largest absolute Gasteiger partial charge is 0.460 e. The Morgan fingerprint density at radius 1 is 1.03 bits per heavy atom. The molecule has 0 spiro atoms. The van der Waals surface area contributed by atoms with Crippen LogP contribution in [0, 0.1) is 24.0 Å². The van der Waals surface area contributed by atoms with Crippen LogP contribution in [0.1, 0.15) is 21.5 Å². The molecule has 166 valence electrons. The molecule has 0 bridgehead atoms. The number of nitro groups is 1. The summed E-state index contributed by atoms with van der Waals surface area (Å²) in [5.74, 6) is -0.257. The maximum atomic E-state index is 12.9. The van der Waals surface area contributed by atoms with Crippen molar-refractivity contribution in [1.82, 2.24) is 0 Å². The number of carbonyl (C=O) groups is 1. The number of esters is 1. The van der Waals surface area contributed by atoms with Crippen molar-refractivity contribution in [1.29, 1.82) is 0 Å². The molecule has 0 aliphatic rings. The zero-order valence-corrected chi connectivity index (χ0v) is 18.2. The minimum atomic E-state index is -0.889. The molecule has 33 heavy (non-hydrogen) atoms. The Balaban J connectivity index is 1.62. The molecule has 9 heteroatoms. The first-order valence-electron chi connectivity index (χ1n) is 9.70. The Labute approximate surface area is 192 Å². The predicted octanol–water partition coefficient (Wildman–Crippen LogP) is 5.98. The highest BCUT2D eigenvalue weighted by Crippen LogP contribution is 2.28. The molecule has 0 atom stereocenters. The van der Waals surface area contributed by atoms with Gasteiger partial charge in [-0.05, 0) is 49.2 Å². The second-order valence-corrected chi connectivity index (χ2v) is 7.68. The average molecular weight is 466 g/mol. The maximum absolute atomic E-state index is 12.9. The monoisotopic (exact) mass is 465 g/mol. The van der Waals surface area contributed by atoms with Crippen LogP contribution in [0.2, 0.25) is 5.02 Å². The average Bonchev–Trinajstić information content (AvgIpc) is 2.78. The molecule has 1 heterocycles. The minimum absolute atomic E-state index is 0.00570. The third kappa shape index (κ3) is 4.56. The van der Waals surface area contributed by atoms with Crippen LogP contribution < -0.4 is 14.9 Å². The molecule has 0 amide bonds. The number of nitrogens with zero attached hydrogens (tertiary/aromatic N) is 1. The minimum Gasteiger partial charge on any atom is -0.460 e. The predicted molar refractivity (Wildman–Crippen MR) is 122 cm³/mol. The Hall–Kier alpha value is -4.17. The number of halogens is 1. The van der Waals surface area contributed by atoms with Gasteiger partial charge in [-0.2, -0.15) is 0 Å². The summed E-state index contributed by atoms with van der Waals surface area (Å²) in [4.78, 5) is 35.7. The van der Waals surface area contributed by atoms with E-state index in [1.54, 1.807) is 0 Å². The van der Waals surface area contributed by atoms with Crippen LogP contribution in [0.4, 0.5) is 5.69 Å². The van der Waals surface area contributed by atoms with Gasteiger partial charge < -0.3 is 13.9 Å². The molecule has 0 fully saturated rings. The van der Waals surface area contributed by atoms with E-state index in [1.807, 2.05) is 32.0 Å². The zero-order valence-electron chi connectivity index (χ0n) is 17.5. The van der Waals surface area contributed by atoms with Crippen molar-refractivity contribution in [2.45, 2.75) is 13.8 Å². The van der Waals surface area contributed by atoms with Crippen LogP contribution in [0.15, 0.2) is 70.1 Å². The summed E-state index contributed by atoms with van der Waals surface area (Å²) in [6, 6.07) is 13.3. The number of rotatable bonds is 5. The van der Waals surface area contributed by atoms with Crippen LogP contribution in [0.3, 0.4) is 0 Å². The van der Waals surface area contributed by atoms with Crippen molar-refractivity contribution in [3.05, 3.63) is 103 Å². The van der Waals surface area contributed by atoms with Crippen LogP contribution in [0.25, 0.3) is 11.0 Å². The Kier molecular flexibility index (Phi) is 5.85. The first kappa shape index (κ1) is 22.0. The summed E-state index contributed by atoms with van der Waals surface area (Å²) >= 11 is 5.99.